The summed E-state index contributed by atoms with van der Waals surface area (Å²) in [5.74, 6) is 0. The van der Waals surface area contributed by atoms with Gasteiger partial charge in [0.05, 0.1) is 11.8 Å². The average Bonchev–Trinajstić information content (AvgIpc) is 2.65. The number of H-pyrrole nitrogens is 1. The van der Waals surface area contributed by atoms with Crippen LogP contribution >= 0.6 is 0 Å². The van der Waals surface area contributed by atoms with E-state index in [2.05, 4.69) is 41.9 Å². The van der Waals surface area contributed by atoms with Gasteiger partial charge in [0.2, 0.25) is 0 Å². The van der Waals surface area contributed by atoms with Crippen molar-refractivity contribution in [1.82, 2.24) is 15.1 Å². The number of aliphatic hydroxyl groups is 1. The van der Waals surface area contributed by atoms with Crippen molar-refractivity contribution in [2.24, 2.45) is 0 Å². The lowest BCUT2D eigenvalue weighted by molar-refractivity contribution is 0.154. The van der Waals surface area contributed by atoms with Gasteiger partial charge in [-0.05, 0) is 31.9 Å². The van der Waals surface area contributed by atoms with Crippen molar-refractivity contribution < 1.29 is 5.11 Å². The molecule has 1 aromatic rings. The Labute approximate surface area is 109 Å². The third-order valence-corrected chi connectivity index (χ3v) is 3.58. The molecular weight excluding hydrogens is 226 g/mol. The number of likely N-dealkylation sites (tertiary alicyclic amines) is 1. The highest BCUT2D eigenvalue weighted by molar-refractivity contribution is 5.16. The van der Waals surface area contributed by atoms with Gasteiger partial charge in [-0.25, -0.2) is 0 Å². The molecule has 0 aliphatic carbocycles. The summed E-state index contributed by atoms with van der Waals surface area (Å²) in [7, 11) is 0. The van der Waals surface area contributed by atoms with E-state index >= 15 is 0 Å². The van der Waals surface area contributed by atoms with Crippen molar-refractivity contribution in [3.05, 3.63) is 17.5 Å². The fourth-order valence-corrected chi connectivity index (χ4v) is 2.36. The largest absolute Gasteiger partial charge is 0.393 e. The molecule has 4 nitrogen and oxygen atoms in total. The smallest absolute Gasteiger partial charge is 0.0678 e. The lowest BCUT2D eigenvalue weighted by Gasteiger charge is -2.18. The molecule has 2 rings (SSSR count). The number of nitrogens with zero attached hydrogens (tertiary/aromatic N) is 2. The van der Waals surface area contributed by atoms with Crippen LogP contribution < -0.4 is 0 Å². The first kappa shape index (κ1) is 13.6. The highest BCUT2D eigenvalue weighted by atomic mass is 16.3. The van der Waals surface area contributed by atoms with E-state index in [0.717, 1.165) is 44.6 Å². The number of hydrogen-bond donors (Lipinski definition) is 2. The fraction of sp³-hybridized carbons (Fsp3) is 0.786. The number of aromatic amines is 1. The van der Waals surface area contributed by atoms with Crippen molar-refractivity contribution in [3.8, 4) is 0 Å². The van der Waals surface area contributed by atoms with Crippen LogP contribution in [0.2, 0.25) is 0 Å². The number of rotatable bonds is 2. The first-order valence-corrected chi connectivity index (χ1v) is 6.90. The van der Waals surface area contributed by atoms with Crippen LogP contribution in [0.3, 0.4) is 0 Å². The Balaban J connectivity index is 1.95. The molecule has 4 heteroatoms. The third-order valence-electron chi connectivity index (χ3n) is 3.58. The molecule has 0 radical (unpaired) electrons. The first-order valence-electron chi connectivity index (χ1n) is 6.90. The Morgan fingerprint density at radius 1 is 1.39 bits per heavy atom. The predicted molar refractivity (Wildman–Crippen MR) is 72.4 cm³/mol. The SMILES string of the molecule is CC(C)(C)c1cc(CN2CCCC(O)CC2)[nH]n1. The van der Waals surface area contributed by atoms with Gasteiger partial charge in [0.1, 0.15) is 0 Å². The molecule has 1 aliphatic heterocycles. The molecule has 18 heavy (non-hydrogen) atoms. The van der Waals surface area contributed by atoms with Crippen molar-refractivity contribution in [3.63, 3.8) is 0 Å². The molecule has 1 unspecified atom stereocenters. The van der Waals surface area contributed by atoms with Crippen LogP contribution in [0.15, 0.2) is 6.07 Å². The highest BCUT2D eigenvalue weighted by Gasteiger charge is 2.19. The molecule has 2 heterocycles. The topological polar surface area (TPSA) is 52.1 Å². The summed E-state index contributed by atoms with van der Waals surface area (Å²) in [5.41, 5.74) is 2.40. The van der Waals surface area contributed by atoms with Crippen LogP contribution in [0.1, 0.15) is 51.4 Å². The van der Waals surface area contributed by atoms with Crippen molar-refractivity contribution in [2.75, 3.05) is 13.1 Å². The molecule has 1 atom stereocenters. The van der Waals surface area contributed by atoms with Crippen molar-refractivity contribution in [1.29, 1.82) is 0 Å². The summed E-state index contributed by atoms with van der Waals surface area (Å²) in [4.78, 5) is 2.40. The minimum Gasteiger partial charge on any atom is -0.393 e. The molecule has 1 fully saturated rings. The summed E-state index contributed by atoms with van der Waals surface area (Å²) in [6, 6.07) is 2.17. The number of nitrogens with one attached hydrogen (secondary N) is 1. The Morgan fingerprint density at radius 3 is 2.83 bits per heavy atom. The standard InChI is InChI=1S/C14H25N3O/c1-14(2,3)13-9-11(15-16-13)10-17-7-4-5-12(18)6-8-17/h9,12,18H,4-8,10H2,1-3H3,(H,15,16). The van der Waals surface area contributed by atoms with Gasteiger partial charge in [-0.15, -0.1) is 0 Å². The number of hydrogen-bond acceptors (Lipinski definition) is 3. The molecule has 0 amide bonds. The summed E-state index contributed by atoms with van der Waals surface area (Å²) in [6.07, 6.45) is 2.80. The van der Waals surface area contributed by atoms with Gasteiger partial charge in [-0.1, -0.05) is 20.8 Å². The zero-order valence-corrected chi connectivity index (χ0v) is 11.7. The lowest BCUT2D eigenvalue weighted by atomic mass is 9.92. The summed E-state index contributed by atoms with van der Waals surface area (Å²) in [5, 5.41) is 17.2. The molecule has 102 valence electrons. The Bertz CT molecular complexity index is 381. The van der Waals surface area contributed by atoms with Gasteiger partial charge in [0.25, 0.3) is 0 Å². The van der Waals surface area contributed by atoms with E-state index < -0.39 is 0 Å². The average molecular weight is 251 g/mol. The molecular formula is C14H25N3O. The second kappa shape index (κ2) is 5.41. The van der Waals surface area contributed by atoms with Crippen molar-refractivity contribution >= 4 is 0 Å². The van der Waals surface area contributed by atoms with E-state index in [9.17, 15) is 5.11 Å². The van der Waals surface area contributed by atoms with E-state index in [4.69, 9.17) is 0 Å². The van der Waals surface area contributed by atoms with E-state index in [1.807, 2.05) is 0 Å². The zero-order chi connectivity index (χ0) is 13.2. The van der Waals surface area contributed by atoms with Crippen molar-refractivity contribution in [2.45, 2.75) is 58.1 Å². The van der Waals surface area contributed by atoms with Gasteiger partial charge in [0, 0.05) is 24.2 Å². The Kier molecular flexibility index (Phi) is 4.07. The molecule has 1 saturated heterocycles. The van der Waals surface area contributed by atoms with Crippen LogP contribution in [0.5, 0.6) is 0 Å². The highest BCUT2D eigenvalue weighted by Crippen LogP contribution is 2.21. The summed E-state index contributed by atoms with van der Waals surface area (Å²) in [6.45, 7) is 9.49. The van der Waals surface area contributed by atoms with Gasteiger partial charge >= 0.3 is 0 Å². The third kappa shape index (κ3) is 3.56. The van der Waals surface area contributed by atoms with Gasteiger partial charge < -0.3 is 5.11 Å². The normalized spacial score (nSPS) is 23.0. The monoisotopic (exact) mass is 251 g/mol. The van der Waals surface area contributed by atoms with Crippen LogP contribution in [0.4, 0.5) is 0 Å². The molecule has 1 aromatic heterocycles. The number of aliphatic hydroxyl groups excluding tert-OH is 1. The van der Waals surface area contributed by atoms with Crippen LogP contribution in [0, 0.1) is 0 Å². The zero-order valence-electron chi connectivity index (χ0n) is 11.7. The Hall–Kier alpha value is -0.870. The maximum Gasteiger partial charge on any atom is 0.0678 e. The fourth-order valence-electron chi connectivity index (χ4n) is 2.36. The second-order valence-electron chi connectivity index (χ2n) is 6.39. The lowest BCUT2D eigenvalue weighted by Crippen LogP contribution is -2.24. The Morgan fingerprint density at radius 2 is 2.17 bits per heavy atom. The molecule has 0 bridgehead atoms. The molecule has 2 N–H and O–H groups in total. The molecule has 0 aromatic carbocycles. The van der Waals surface area contributed by atoms with E-state index in [0.29, 0.717) is 0 Å². The predicted octanol–water partition coefficient (Wildman–Crippen LogP) is 2.05. The molecule has 0 spiro atoms. The first-order chi connectivity index (χ1) is 8.45. The van der Waals surface area contributed by atoms with Gasteiger partial charge in [-0.3, -0.25) is 10.00 Å². The second-order valence-corrected chi connectivity index (χ2v) is 6.39. The number of aromatic nitrogens is 2. The van der Waals surface area contributed by atoms with Gasteiger partial charge in [0.15, 0.2) is 0 Å². The minimum atomic E-state index is -0.109. The summed E-state index contributed by atoms with van der Waals surface area (Å²) >= 11 is 0. The van der Waals surface area contributed by atoms with E-state index in [1.165, 1.54) is 5.69 Å². The van der Waals surface area contributed by atoms with Crippen LogP contribution in [-0.2, 0) is 12.0 Å². The maximum atomic E-state index is 9.64. The maximum absolute atomic E-state index is 9.64. The quantitative estimate of drug-likeness (QED) is 0.846. The van der Waals surface area contributed by atoms with Crippen LogP contribution in [0.25, 0.3) is 0 Å². The van der Waals surface area contributed by atoms with E-state index in [-0.39, 0.29) is 11.5 Å². The van der Waals surface area contributed by atoms with Gasteiger partial charge in [-0.2, -0.15) is 5.10 Å². The molecule has 0 saturated carbocycles. The molecule has 1 aliphatic rings. The van der Waals surface area contributed by atoms with E-state index in [1.54, 1.807) is 0 Å². The van der Waals surface area contributed by atoms with Crippen LogP contribution in [-0.4, -0.2) is 39.4 Å². The summed E-state index contributed by atoms with van der Waals surface area (Å²) < 4.78 is 0. The minimum absolute atomic E-state index is 0.101.